The maximum atomic E-state index is 13.3. The summed E-state index contributed by atoms with van der Waals surface area (Å²) >= 11 is 0. The lowest BCUT2D eigenvalue weighted by molar-refractivity contribution is -0.154. The molecule has 2 aliphatic carbocycles. The van der Waals surface area contributed by atoms with E-state index < -0.39 is 21.6 Å². The van der Waals surface area contributed by atoms with E-state index in [0.29, 0.717) is 23.2 Å². The third kappa shape index (κ3) is 8.57. The number of ether oxygens (including phenoxy) is 1. The van der Waals surface area contributed by atoms with Crippen LogP contribution in [0.5, 0.6) is 0 Å². The van der Waals surface area contributed by atoms with Crippen molar-refractivity contribution in [1.29, 1.82) is 0 Å². The molecule has 2 aliphatic rings. The van der Waals surface area contributed by atoms with Gasteiger partial charge >= 0.3 is 5.97 Å². The summed E-state index contributed by atoms with van der Waals surface area (Å²) in [5.74, 6) is 0.934. The largest absolute Gasteiger partial charge is 0.460 e. The van der Waals surface area contributed by atoms with Gasteiger partial charge in [-0.3, -0.25) is 9.59 Å². The zero-order valence-electron chi connectivity index (χ0n) is 24.1. The Hall–Kier alpha value is -2.85. The lowest BCUT2D eigenvalue weighted by Gasteiger charge is -2.35. The van der Waals surface area contributed by atoms with Gasteiger partial charge in [-0.15, -0.1) is 0 Å². The monoisotopic (exact) mass is 570 g/mol. The molecule has 9 nitrogen and oxygen atoms in total. The van der Waals surface area contributed by atoms with Crippen LogP contribution in [0.1, 0.15) is 93.8 Å². The maximum absolute atomic E-state index is 13.3. The number of ketones is 1. The average Bonchev–Trinajstić information content (AvgIpc) is 3.72. The van der Waals surface area contributed by atoms with Gasteiger partial charge in [-0.25, -0.2) is 23.1 Å². The van der Waals surface area contributed by atoms with E-state index in [1.807, 2.05) is 6.07 Å². The molecule has 2 saturated carbocycles. The number of nitrogens with one attached hydrogen (secondary N) is 1. The highest BCUT2D eigenvalue weighted by molar-refractivity contribution is 7.89. The van der Waals surface area contributed by atoms with Gasteiger partial charge in [0.05, 0.1) is 11.3 Å². The molecule has 0 unspecified atom stereocenters. The summed E-state index contributed by atoms with van der Waals surface area (Å²) in [6, 6.07) is 6.98. The van der Waals surface area contributed by atoms with Crippen LogP contribution >= 0.6 is 0 Å². The summed E-state index contributed by atoms with van der Waals surface area (Å²) in [4.78, 5) is 36.5. The number of hydrogen-bond acceptors (Lipinski definition) is 8. The maximum Gasteiger partial charge on any atom is 0.307 e. The number of carbonyl (C=O) groups excluding carboxylic acids is 2. The van der Waals surface area contributed by atoms with Crippen LogP contribution in [-0.4, -0.2) is 54.9 Å². The topological polar surface area (TPSA) is 119 Å². The number of aryl methyl sites for hydroxylation is 1. The first-order valence-corrected chi connectivity index (χ1v) is 15.8. The molecule has 0 bridgehead atoms. The highest BCUT2D eigenvalue weighted by Crippen LogP contribution is 2.34. The van der Waals surface area contributed by atoms with Gasteiger partial charge in [-0.2, -0.15) is 0 Å². The number of aromatic nitrogens is 2. The first-order chi connectivity index (χ1) is 18.9. The molecular formula is C30H42N4O5S. The fourth-order valence-corrected chi connectivity index (χ4v) is 6.23. The van der Waals surface area contributed by atoms with Gasteiger partial charge in [0.2, 0.25) is 10.0 Å². The van der Waals surface area contributed by atoms with Crippen molar-refractivity contribution in [2.24, 2.45) is 5.92 Å². The van der Waals surface area contributed by atoms with Gasteiger partial charge in [-0.05, 0) is 82.6 Å². The van der Waals surface area contributed by atoms with Crippen LogP contribution < -0.4 is 9.62 Å². The van der Waals surface area contributed by atoms with E-state index >= 15 is 0 Å². The molecule has 40 heavy (non-hydrogen) atoms. The molecule has 1 heterocycles. The fourth-order valence-electron chi connectivity index (χ4n) is 5.12. The Morgan fingerprint density at radius 3 is 2.42 bits per heavy atom. The molecule has 10 heteroatoms. The fraction of sp³-hybridized carbons (Fsp3) is 0.600. The van der Waals surface area contributed by atoms with Crippen molar-refractivity contribution in [2.75, 3.05) is 18.0 Å². The third-order valence-electron chi connectivity index (χ3n) is 7.42. The number of carbonyl (C=O) groups is 2. The minimum atomic E-state index is -3.82. The smallest absolute Gasteiger partial charge is 0.307 e. The summed E-state index contributed by atoms with van der Waals surface area (Å²) < 4.78 is 33.2. The second-order valence-electron chi connectivity index (χ2n) is 12.1. The lowest BCUT2D eigenvalue weighted by Crippen LogP contribution is -2.39. The van der Waals surface area contributed by atoms with Crippen molar-refractivity contribution in [3.8, 4) is 0 Å². The SMILES string of the molecule is Cc1cc(S(=O)(=O)NCCC(=O)OC(C)(C)C)ccc1CC(=O)c1cc(N(CC2CC2)C2CCCCC2)ncn1. The van der Waals surface area contributed by atoms with Gasteiger partial charge in [0.15, 0.2) is 5.78 Å². The van der Waals surface area contributed by atoms with E-state index in [9.17, 15) is 18.0 Å². The Morgan fingerprint density at radius 1 is 1.05 bits per heavy atom. The van der Waals surface area contributed by atoms with Gasteiger partial charge in [-0.1, -0.05) is 25.3 Å². The summed E-state index contributed by atoms with van der Waals surface area (Å²) in [6.45, 7) is 7.98. The Morgan fingerprint density at radius 2 is 1.77 bits per heavy atom. The summed E-state index contributed by atoms with van der Waals surface area (Å²) in [5, 5.41) is 0. The number of rotatable bonds is 12. The van der Waals surface area contributed by atoms with E-state index in [2.05, 4.69) is 19.6 Å². The summed E-state index contributed by atoms with van der Waals surface area (Å²) in [7, 11) is -3.82. The number of anilines is 1. The van der Waals surface area contributed by atoms with Crippen molar-refractivity contribution in [2.45, 2.75) is 102 Å². The van der Waals surface area contributed by atoms with E-state index in [1.165, 1.54) is 44.5 Å². The number of esters is 1. The van der Waals surface area contributed by atoms with Gasteiger partial charge in [0.25, 0.3) is 0 Å². The minimum absolute atomic E-state index is 0.0643. The minimum Gasteiger partial charge on any atom is -0.460 e. The predicted molar refractivity (Wildman–Crippen MR) is 154 cm³/mol. The second kappa shape index (κ2) is 12.8. The molecule has 2 aromatic rings. The molecule has 0 atom stereocenters. The normalized spacial score (nSPS) is 16.5. The number of nitrogens with zero attached hydrogens (tertiary/aromatic N) is 3. The van der Waals surface area contributed by atoms with E-state index in [-0.39, 0.29) is 30.1 Å². The summed E-state index contributed by atoms with van der Waals surface area (Å²) in [5.41, 5.74) is 1.18. The number of benzene rings is 1. The molecule has 0 amide bonds. The standard InChI is InChI=1S/C30H42N4O5S/c1-21-16-25(40(37,38)33-15-14-29(36)39-30(2,3)4)13-12-23(21)17-27(35)26-18-28(32-20-31-26)34(19-22-10-11-22)24-8-6-5-7-9-24/h12-13,16,18,20,22,24,33H,5-11,14-15,17,19H2,1-4H3. The molecule has 1 N–H and O–H groups in total. The molecule has 218 valence electrons. The van der Waals surface area contributed by atoms with Gasteiger partial charge in [0.1, 0.15) is 23.4 Å². The van der Waals surface area contributed by atoms with Crippen LogP contribution in [0.3, 0.4) is 0 Å². The third-order valence-corrected chi connectivity index (χ3v) is 8.88. The molecule has 2 fully saturated rings. The number of hydrogen-bond donors (Lipinski definition) is 1. The summed E-state index contributed by atoms with van der Waals surface area (Å²) in [6.07, 6.45) is 10.1. The Labute approximate surface area is 238 Å². The molecule has 0 saturated heterocycles. The van der Waals surface area contributed by atoms with E-state index in [4.69, 9.17) is 4.74 Å². The Bertz CT molecular complexity index is 1310. The molecular weight excluding hydrogens is 528 g/mol. The highest BCUT2D eigenvalue weighted by atomic mass is 32.2. The van der Waals surface area contributed by atoms with Crippen LogP contribution in [0.15, 0.2) is 35.5 Å². The molecule has 0 spiro atoms. The number of sulfonamides is 1. The number of Topliss-reactive ketones (excluding diaryl/α,β-unsaturated/α-hetero) is 1. The van der Waals surface area contributed by atoms with Crippen molar-refractivity contribution in [1.82, 2.24) is 14.7 Å². The van der Waals surface area contributed by atoms with Crippen LogP contribution in [0, 0.1) is 12.8 Å². The molecule has 1 aromatic carbocycles. The van der Waals surface area contributed by atoms with Gasteiger partial charge in [0, 0.05) is 31.6 Å². The van der Waals surface area contributed by atoms with Crippen molar-refractivity contribution < 1.29 is 22.7 Å². The zero-order valence-corrected chi connectivity index (χ0v) is 24.9. The zero-order chi connectivity index (χ0) is 28.9. The van der Waals surface area contributed by atoms with Crippen molar-refractivity contribution in [3.63, 3.8) is 0 Å². The lowest BCUT2D eigenvalue weighted by atomic mass is 9.94. The van der Waals surface area contributed by atoms with E-state index in [1.54, 1.807) is 39.8 Å². The molecule has 0 aliphatic heterocycles. The highest BCUT2D eigenvalue weighted by Gasteiger charge is 2.30. The quantitative estimate of drug-likeness (QED) is 0.286. The predicted octanol–water partition coefficient (Wildman–Crippen LogP) is 4.77. The van der Waals surface area contributed by atoms with E-state index in [0.717, 1.165) is 30.8 Å². The van der Waals surface area contributed by atoms with Crippen LogP contribution in [0.2, 0.25) is 0 Å². The molecule has 1 aromatic heterocycles. The first kappa shape index (κ1) is 30.1. The van der Waals surface area contributed by atoms with Crippen molar-refractivity contribution in [3.05, 3.63) is 47.4 Å². The van der Waals surface area contributed by atoms with Gasteiger partial charge < -0.3 is 9.64 Å². The van der Waals surface area contributed by atoms with Crippen LogP contribution in [-0.2, 0) is 26.0 Å². The van der Waals surface area contributed by atoms with Crippen LogP contribution in [0.4, 0.5) is 5.82 Å². The van der Waals surface area contributed by atoms with Crippen LogP contribution in [0.25, 0.3) is 0 Å². The molecule has 4 rings (SSSR count). The Balaban J connectivity index is 1.40. The second-order valence-corrected chi connectivity index (χ2v) is 13.8. The Kier molecular flexibility index (Phi) is 9.61. The molecule has 0 radical (unpaired) electrons. The van der Waals surface area contributed by atoms with Crippen molar-refractivity contribution >= 4 is 27.6 Å². The first-order valence-electron chi connectivity index (χ1n) is 14.3. The average molecular weight is 571 g/mol.